The largest absolute Gasteiger partial charge is 0.337 e. The zero-order valence-electron chi connectivity index (χ0n) is 15.6. The molecule has 1 aliphatic rings. The van der Waals surface area contributed by atoms with Crippen LogP contribution in [0.2, 0.25) is 5.02 Å². The van der Waals surface area contributed by atoms with Crippen LogP contribution in [0.1, 0.15) is 5.69 Å². The van der Waals surface area contributed by atoms with Crippen LogP contribution in [0.25, 0.3) is 11.1 Å². The molecule has 0 fully saturated rings. The van der Waals surface area contributed by atoms with Crippen LogP contribution in [-0.2, 0) is 13.6 Å². The Balaban J connectivity index is 1.96. The molecule has 7 heteroatoms. The average Bonchev–Trinajstić information content (AvgIpc) is 3.15. The maximum atomic E-state index is 13.2. The van der Waals surface area contributed by atoms with E-state index in [2.05, 4.69) is 6.58 Å². The summed E-state index contributed by atoms with van der Waals surface area (Å²) in [6.45, 7) is 4.29. The van der Waals surface area contributed by atoms with Gasteiger partial charge in [0.25, 0.3) is 5.56 Å². The molecular weight excluding hydrogens is 410 g/mol. The molecule has 1 aromatic carbocycles. The first kappa shape index (κ1) is 19.1. The van der Waals surface area contributed by atoms with Crippen molar-refractivity contribution in [3.05, 3.63) is 85.5 Å². The Morgan fingerprint density at radius 3 is 2.86 bits per heavy atom. The number of anilines is 1. The van der Waals surface area contributed by atoms with Crippen molar-refractivity contribution in [3.63, 3.8) is 0 Å². The molecule has 4 nitrogen and oxygen atoms in total. The SMILES string of the molecule is C=CCn1c(=O)/c(=C2/Sc3ccc(Cl)cc3N2C)s/c1=C/c1cccc[n+]1C. The summed E-state index contributed by atoms with van der Waals surface area (Å²) in [4.78, 5) is 16.4. The summed E-state index contributed by atoms with van der Waals surface area (Å²) in [5, 5.41) is 1.62. The van der Waals surface area contributed by atoms with Gasteiger partial charge in [0.05, 0.1) is 5.69 Å². The van der Waals surface area contributed by atoms with Gasteiger partial charge in [-0.25, -0.2) is 4.57 Å². The molecule has 0 spiro atoms. The van der Waals surface area contributed by atoms with Crippen molar-refractivity contribution in [1.29, 1.82) is 0 Å². The summed E-state index contributed by atoms with van der Waals surface area (Å²) >= 11 is 9.28. The number of fused-ring (bicyclic) bond motifs is 1. The number of thiazole rings is 1. The van der Waals surface area contributed by atoms with E-state index in [1.54, 1.807) is 22.4 Å². The number of hydrogen-bond acceptors (Lipinski definition) is 4. The summed E-state index contributed by atoms with van der Waals surface area (Å²) in [6, 6.07) is 11.8. The molecule has 4 rings (SSSR count). The fourth-order valence-corrected chi connectivity index (χ4v) is 5.66. The molecule has 28 heavy (non-hydrogen) atoms. The van der Waals surface area contributed by atoms with Crippen molar-refractivity contribution in [2.45, 2.75) is 11.4 Å². The predicted molar refractivity (Wildman–Crippen MR) is 118 cm³/mol. The summed E-state index contributed by atoms with van der Waals surface area (Å²) in [7, 11) is 3.97. The lowest BCUT2D eigenvalue weighted by Gasteiger charge is -2.12. The Bertz CT molecular complexity index is 1260. The van der Waals surface area contributed by atoms with Crippen molar-refractivity contribution in [2.75, 3.05) is 11.9 Å². The van der Waals surface area contributed by atoms with E-state index in [1.165, 1.54) is 11.3 Å². The minimum Gasteiger partial charge on any atom is -0.337 e. The Kier molecular flexibility index (Phi) is 5.19. The van der Waals surface area contributed by atoms with E-state index in [4.69, 9.17) is 11.6 Å². The van der Waals surface area contributed by atoms with Gasteiger partial charge in [0, 0.05) is 41.7 Å². The second-order valence-electron chi connectivity index (χ2n) is 6.43. The summed E-state index contributed by atoms with van der Waals surface area (Å²) in [5.74, 6) is 0. The second kappa shape index (κ2) is 7.62. The number of nitrogens with zero attached hydrogens (tertiary/aromatic N) is 3. The Morgan fingerprint density at radius 2 is 2.11 bits per heavy atom. The third kappa shape index (κ3) is 3.32. The molecule has 0 N–H and O–H groups in total. The van der Waals surface area contributed by atoms with Crippen molar-refractivity contribution >= 4 is 51.5 Å². The molecule has 2 aromatic heterocycles. The molecule has 0 radical (unpaired) electrons. The quantitative estimate of drug-likeness (QED) is 0.474. The first-order chi connectivity index (χ1) is 13.5. The third-order valence-corrected chi connectivity index (χ3v) is 7.30. The van der Waals surface area contributed by atoms with Gasteiger partial charge >= 0.3 is 0 Å². The standard InChI is InChI=1S/C21H19ClN3OS2/c1-4-10-25-18(13-15-7-5-6-11-23(15)2)28-19(20(25)26)21-24(3)16-12-14(22)8-9-17(16)27-21/h4-9,11-13H,1,10H2,2-3H3/q+1/b21-19-. The van der Waals surface area contributed by atoms with Gasteiger partial charge in [-0.15, -0.1) is 17.9 Å². The fraction of sp³-hybridized carbons (Fsp3) is 0.143. The van der Waals surface area contributed by atoms with Crippen molar-refractivity contribution in [2.24, 2.45) is 7.05 Å². The second-order valence-corrected chi connectivity index (χ2v) is 8.93. The van der Waals surface area contributed by atoms with E-state index in [-0.39, 0.29) is 5.56 Å². The third-order valence-electron chi connectivity index (χ3n) is 4.58. The smallest absolute Gasteiger partial charge is 0.272 e. The molecular formula is C21H19ClN3OS2+. The van der Waals surface area contributed by atoms with Gasteiger partial charge in [-0.1, -0.05) is 29.4 Å². The van der Waals surface area contributed by atoms with Gasteiger partial charge in [0.15, 0.2) is 6.20 Å². The Morgan fingerprint density at radius 1 is 1.29 bits per heavy atom. The normalized spacial score (nSPS) is 15.8. The van der Waals surface area contributed by atoms with E-state index >= 15 is 0 Å². The summed E-state index contributed by atoms with van der Waals surface area (Å²) in [6.07, 6.45) is 5.79. The number of hydrogen-bond donors (Lipinski definition) is 0. The average molecular weight is 429 g/mol. The lowest BCUT2D eigenvalue weighted by atomic mass is 10.3. The predicted octanol–water partition coefficient (Wildman–Crippen LogP) is 2.71. The maximum absolute atomic E-state index is 13.2. The number of aromatic nitrogens is 2. The number of thioether (sulfide) groups is 1. The van der Waals surface area contributed by atoms with Crippen LogP contribution in [0.15, 0.2) is 64.9 Å². The minimum atomic E-state index is 0.00277. The molecule has 1 aliphatic heterocycles. The van der Waals surface area contributed by atoms with E-state index < -0.39 is 0 Å². The van der Waals surface area contributed by atoms with Crippen LogP contribution in [0.5, 0.6) is 0 Å². The summed E-state index contributed by atoms with van der Waals surface area (Å²) in [5.41, 5.74) is 2.05. The van der Waals surface area contributed by atoms with Crippen LogP contribution in [0.3, 0.4) is 0 Å². The molecule has 0 amide bonds. The zero-order valence-corrected chi connectivity index (χ0v) is 17.9. The van der Waals surface area contributed by atoms with Crippen LogP contribution in [0, 0.1) is 0 Å². The first-order valence-corrected chi connectivity index (χ1v) is 10.7. The van der Waals surface area contributed by atoms with Crippen LogP contribution >= 0.6 is 34.7 Å². The number of pyridine rings is 1. The van der Waals surface area contributed by atoms with Crippen molar-refractivity contribution < 1.29 is 4.57 Å². The minimum absolute atomic E-state index is 0.00277. The summed E-state index contributed by atoms with van der Waals surface area (Å²) < 4.78 is 5.43. The number of rotatable bonds is 3. The van der Waals surface area contributed by atoms with Crippen LogP contribution < -0.4 is 24.2 Å². The van der Waals surface area contributed by atoms with Crippen molar-refractivity contribution in [3.8, 4) is 0 Å². The van der Waals surface area contributed by atoms with Gasteiger partial charge in [-0.3, -0.25) is 9.36 Å². The number of benzene rings is 1. The highest BCUT2D eigenvalue weighted by Gasteiger charge is 2.25. The lowest BCUT2D eigenvalue weighted by molar-refractivity contribution is -0.673. The van der Waals surface area contributed by atoms with Gasteiger partial charge < -0.3 is 4.90 Å². The van der Waals surface area contributed by atoms with E-state index in [9.17, 15) is 4.79 Å². The number of allylic oxidation sites excluding steroid dienone is 1. The molecule has 3 heterocycles. The van der Waals surface area contributed by atoms with E-state index in [1.807, 2.05) is 72.2 Å². The van der Waals surface area contributed by atoms with E-state index in [0.29, 0.717) is 11.6 Å². The highest BCUT2D eigenvalue weighted by molar-refractivity contribution is 8.08. The van der Waals surface area contributed by atoms with Gasteiger partial charge in [0.2, 0.25) is 5.69 Å². The molecule has 142 valence electrons. The molecule has 0 saturated carbocycles. The molecule has 0 aliphatic carbocycles. The van der Waals surface area contributed by atoms with Crippen molar-refractivity contribution in [1.82, 2.24) is 4.57 Å². The first-order valence-electron chi connectivity index (χ1n) is 8.72. The van der Waals surface area contributed by atoms with Crippen LogP contribution in [0.4, 0.5) is 5.69 Å². The molecule has 0 saturated heterocycles. The van der Waals surface area contributed by atoms with Gasteiger partial charge in [-0.05, 0) is 24.3 Å². The topological polar surface area (TPSA) is 29.1 Å². The lowest BCUT2D eigenvalue weighted by Crippen LogP contribution is -2.35. The maximum Gasteiger partial charge on any atom is 0.272 e. The van der Waals surface area contributed by atoms with E-state index in [0.717, 1.165) is 30.5 Å². The molecule has 3 aromatic rings. The fourth-order valence-electron chi connectivity index (χ4n) is 3.10. The van der Waals surface area contributed by atoms with Gasteiger partial charge in [-0.2, -0.15) is 0 Å². The highest BCUT2D eigenvalue weighted by Crippen LogP contribution is 2.46. The molecule has 0 unspecified atom stereocenters. The Hall–Kier alpha value is -2.28. The number of aryl methyl sites for hydroxylation is 1. The van der Waals surface area contributed by atoms with Gasteiger partial charge in [0.1, 0.15) is 21.3 Å². The van der Waals surface area contributed by atoms with Crippen LogP contribution in [-0.4, -0.2) is 11.6 Å². The molecule has 0 bridgehead atoms. The monoisotopic (exact) mass is 428 g/mol. The highest BCUT2D eigenvalue weighted by atomic mass is 35.5. The zero-order chi connectivity index (χ0) is 19.8. The Labute approximate surface area is 176 Å². The number of halogens is 1. The molecule has 0 atom stereocenters.